The van der Waals surface area contributed by atoms with Crippen molar-refractivity contribution in [2.75, 3.05) is 0 Å². The van der Waals surface area contributed by atoms with Gasteiger partial charge < -0.3 is 9.26 Å². The molecule has 3 rings (SSSR count). The van der Waals surface area contributed by atoms with Crippen LogP contribution in [0.2, 0.25) is 0 Å². The zero-order valence-electron chi connectivity index (χ0n) is 11.0. The van der Waals surface area contributed by atoms with Crippen LogP contribution in [-0.4, -0.2) is 29.9 Å². The summed E-state index contributed by atoms with van der Waals surface area (Å²) in [6.07, 6.45) is 0.129. The van der Waals surface area contributed by atoms with Crippen LogP contribution in [0.1, 0.15) is 6.93 Å². The SMILES string of the molecule is [3H]c1csc(OCc2c(Br)noc2-n2nnn(C)c2=O)n1. The fraction of sp³-hybridized carbons (Fsp3) is 0.222. The highest BCUT2D eigenvalue weighted by Gasteiger charge is 2.20. The molecule has 20 heavy (non-hydrogen) atoms. The van der Waals surface area contributed by atoms with Crippen molar-refractivity contribution in [1.29, 1.82) is 0 Å². The first-order valence-electron chi connectivity index (χ1n) is 5.74. The Bertz CT molecular complexity index is 839. The van der Waals surface area contributed by atoms with Gasteiger partial charge in [0.15, 0.2) is 4.60 Å². The molecule has 3 heterocycles. The molecule has 0 aliphatic heterocycles. The first-order chi connectivity index (χ1) is 10.1. The van der Waals surface area contributed by atoms with Gasteiger partial charge in [-0.15, -0.1) is 4.68 Å². The van der Waals surface area contributed by atoms with Crippen molar-refractivity contribution >= 4 is 27.3 Å². The van der Waals surface area contributed by atoms with Crippen LogP contribution in [0.25, 0.3) is 5.88 Å². The maximum Gasteiger partial charge on any atom is 0.370 e. The predicted molar refractivity (Wildman–Crippen MR) is 70.8 cm³/mol. The quantitative estimate of drug-likeness (QED) is 0.676. The Morgan fingerprint density at radius 1 is 1.60 bits per heavy atom. The highest BCUT2D eigenvalue weighted by molar-refractivity contribution is 9.10. The van der Waals surface area contributed by atoms with Gasteiger partial charge in [0.05, 0.1) is 6.93 Å². The second-order valence-corrected chi connectivity index (χ2v) is 5.16. The number of aromatic nitrogens is 6. The van der Waals surface area contributed by atoms with E-state index >= 15 is 0 Å². The zero-order valence-corrected chi connectivity index (χ0v) is 12.4. The molecule has 0 saturated heterocycles. The molecule has 0 N–H and O–H groups in total. The number of ether oxygens (including phenoxy) is 1. The lowest BCUT2D eigenvalue weighted by atomic mass is 10.3. The Morgan fingerprint density at radius 2 is 2.45 bits per heavy atom. The highest BCUT2D eigenvalue weighted by atomic mass is 79.9. The third kappa shape index (κ3) is 2.25. The Labute approximate surface area is 125 Å². The van der Waals surface area contributed by atoms with E-state index in [1.807, 2.05) is 0 Å². The second-order valence-electron chi connectivity index (χ2n) is 3.59. The highest BCUT2D eigenvalue weighted by Crippen LogP contribution is 2.24. The molecule has 0 aromatic carbocycles. The average molecular weight is 361 g/mol. The molecule has 0 amide bonds. The molecule has 0 aliphatic carbocycles. The molecule has 0 spiro atoms. The van der Waals surface area contributed by atoms with E-state index < -0.39 is 5.69 Å². The number of hydrogen-bond acceptors (Lipinski definition) is 8. The molecule has 3 aromatic rings. The van der Waals surface area contributed by atoms with Crippen molar-refractivity contribution in [3.05, 3.63) is 32.2 Å². The summed E-state index contributed by atoms with van der Waals surface area (Å²) in [5.41, 5.74) is 0.0157. The summed E-state index contributed by atoms with van der Waals surface area (Å²) in [5.74, 6) is 0.114. The van der Waals surface area contributed by atoms with E-state index in [0.29, 0.717) is 15.4 Å². The molecule has 3 aromatic heterocycles. The van der Waals surface area contributed by atoms with Crippen LogP contribution in [0.3, 0.4) is 0 Å². The fourth-order valence-corrected chi connectivity index (χ4v) is 2.19. The van der Waals surface area contributed by atoms with Crippen molar-refractivity contribution in [2.45, 2.75) is 6.61 Å². The van der Waals surface area contributed by atoms with Crippen LogP contribution >= 0.6 is 27.3 Å². The van der Waals surface area contributed by atoms with E-state index in [2.05, 4.69) is 36.5 Å². The Balaban J connectivity index is 1.90. The van der Waals surface area contributed by atoms with E-state index in [0.717, 1.165) is 9.36 Å². The lowest BCUT2D eigenvalue weighted by molar-refractivity contribution is 0.300. The summed E-state index contributed by atoms with van der Waals surface area (Å²) in [4.78, 5) is 15.7. The number of halogens is 1. The van der Waals surface area contributed by atoms with Crippen molar-refractivity contribution in [3.63, 3.8) is 0 Å². The number of aryl methyl sites for hydroxylation is 1. The van der Waals surface area contributed by atoms with Crippen molar-refractivity contribution in [1.82, 2.24) is 29.9 Å². The third-order valence-corrected chi connectivity index (χ3v) is 3.60. The number of nitrogens with zero attached hydrogens (tertiary/aromatic N) is 6. The van der Waals surface area contributed by atoms with Crippen molar-refractivity contribution in [3.8, 4) is 11.1 Å². The van der Waals surface area contributed by atoms with Gasteiger partial charge in [-0.3, -0.25) is 0 Å². The minimum absolute atomic E-state index is 0.0510. The Kier molecular flexibility index (Phi) is 3.05. The number of thiazole rings is 1. The molecule has 0 aliphatic rings. The monoisotopic (exact) mass is 360 g/mol. The maximum absolute atomic E-state index is 11.8. The van der Waals surface area contributed by atoms with Crippen LogP contribution in [0.4, 0.5) is 0 Å². The average Bonchev–Trinajstić information content (AvgIpc) is 3.11. The number of hydrogen-bond donors (Lipinski definition) is 0. The fourth-order valence-electron chi connectivity index (χ4n) is 1.39. The zero-order chi connectivity index (χ0) is 15.0. The van der Waals surface area contributed by atoms with E-state index in [1.165, 1.54) is 18.4 Å². The van der Waals surface area contributed by atoms with Gasteiger partial charge in [0.2, 0.25) is 0 Å². The molecule has 9 nitrogen and oxygen atoms in total. The van der Waals surface area contributed by atoms with E-state index in [1.54, 1.807) is 5.38 Å². The largest absolute Gasteiger partial charge is 0.465 e. The first kappa shape index (κ1) is 11.8. The topological polar surface area (TPSA) is 101 Å². The minimum atomic E-state index is -0.470. The molecule has 11 heteroatoms. The molecule has 0 radical (unpaired) electrons. The van der Waals surface area contributed by atoms with Gasteiger partial charge in [-0.2, -0.15) is 4.68 Å². The van der Waals surface area contributed by atoms with E-state index in [9.17, 15) is 4.79 Å². The van der Waals surface area contributed by atoms with Crippen LogP contribution in [0.5, 0.6) is 5.19 Å². The molecule has 104 valence electrons. The molecule has 0 bridgehead atoms. The standard InChI is InChI=1S/C9H7BrN6O3S/c1-15-9(17)16(14-13-15)7-5(6(10)12-19-7)4-18-8-11-2-3-20-8/h2-3H,4H2,1H3/i2T. The van der Waals surface area contributed by atoms with Gasteiger partial charge in [-0.1, -0.05) is 16.5 Å². The summed E-state index contributed by atoms with van der Waals surface area (Å²) < 4.78 is 20.3. The molecular weight excluding hydrogens is 352 g/mol. The van der Waals surface area contributed by atoms with Crippen LogP contribution in [-0.2, 0) is 13.7 Å². The summed E-state index contributed by atoms with van der Waals surface area (Å²) in [6, 6.07) is 0. The predicted octanol–water partition coefficient (Wildman–Crippen LogP) is 0.752. The van der Waals surface area contributed by atoms with Crippen LogP contribution in [0, 0.1) is 0 Å². The van der Waals surface area contributed by atoms with Crippen LogP contribution < -0.4 is 10.4 Å². The van der Waals surface area contributed by atoms with Gasteiger partial charge in [0.25, 0.3) is 11.1 Å². The summed E-state index contributed by atoms with van der Waals surface area (Å²) in [7, 11) is 1.47. The summed E-state index contributed by atoms with van der Waals surface area (Å²) in [6.45, 7) is 0.0510. The smallest absolute Gasteiger partial charge is 0.370 e. The molecule has 0 saturated carbocycles. The van der Waals surface area contributed by atoms with Gasteiger partial charge in [-0.05, 0) is 26.4 Å². The summed E-state index contributed by atoms with van der Waals surface area (Å²) >= 11 is 4.41. The molecular formula is C9H7BrN6O3S. The lowest BCUT2D eigenvalue weighted by Crippen LogP contribution is -2.22. The maximum atomic E-state index is 11.8. The van der Waals surface area contributed by atoms with Crippen molar-refractivity contribution in [2.24, 2.45) is 7.05 Å². The molecule has 0 unspecified atom stereocenters. The normalized spacial score (nSPS) is 11.6. The Hall–Kier alpha value is -2.01. The van der Waals surface area contributed by atoms with Gasteiger partial charge >= 0.3 is 5.69 Å². The van der Waals surface area contributed by atoms with Crippen LogP contribution in [0.15, 0.2) is 25.5 Å². The van der Waals surface area contributed by atoms with E-state index in [-0.39, 0.29) is 18.7 Å². The first-order valence-corrected chi connectivity index (χ1v) is 6.92. The number of rotatable bonds is 4. The Morgan fingerprint density at radius 3 is 3.10 bits per heavy atom. The van der Waals surface area contributed by atoms with Gasteiger partial charge in [-0.25, -0.2) is 9.78 Å². The molecule has 0 atom stereocenters. The van der Waals surface area contributed by atoms with Gasteiger partial charge in [0.1, 0.15) is 6.61 Å². The van der Waals surface area contributed by atoms with Crippen molar-refractivity contribution < 1.29 is 10.6 Å². The number of tetrazole rings is 1. The lowest BCUT2D eigenvalue weighted by Gasteiger charge is -2.01. The van der Waals surface area contributed by atoms with Gasteiger partial charge in [0, 0.05) is 18.6 Å². The second kappa shape index (κ2) is 5.17. The summed E-state index contributed by atoms with van der Waals surface area (Å²) in [5, 5.41) is 12.9. The third-order valence-electron chi connectivity index (χ3n) is 2.34. The van der Waals surface area contributed by atoms with E-state index in [4.69, 9.17) is 10.6 Å². The molecule has 0 fully saturated rings. The minimum Gasteiger partial charge on any atom is -0.465 e.